The minimum atomic E-state index is -0.354. The van der Waals surface area contributed by atoms with E-state index in [1.807, 2.05) is 79.0 Å². The third kappa shape index (κ3) is 8.17. The number of allylic oxidation sites excluding steroid dienone is 5. The quantitative estimate of drug-likeness (QED) is 0.228. The summed E-state index contributed by atoms with van der Waals surface area (Å²) in [6.45, 7) is 17.7. The zero-order chi connectivity index (χ0) is 21.3. The summed E-state index contributed by atoms with van der Waals surface area (Å²) >= 11 is 0. The second-order valence-corrected chi connectivity index (χ2v) is 8.93. The van der Waals surface area contributed by atoms with Gasteiger partial charge in [-0.3, -0.25) is 0 Å². The van der Waals surface area contributed by atoms with Crippen LogP contribution in [0.3, 0.4) is 0 Å². The molecule has 0 spiro atoms. The van der Waals surface area contributed by atoms with Gasteiger partial charge < -0.3 is 10.6 Å². The number of oxime groups is 1. The van der Waals surface area contributed by atoms with Gasteiger partial charge in [-0.2, -0.15) is 10.3 Å². The Bertz CT molecular complexity index is 693. The molecule has 2 N–H and O–H groups in total. The average Bonchev–Trinajstić information content (AvgIpc) is 2.53. The first-order valence-corrected chi connectivity index (χ1v) is 9.06. The maximum absolute atomic E-state index is 9.05. The van der Waals surface area contributed by atoms with E-state index in [9.17, 15) is 0 Å². The molecule has 5 heteroatoms. The smallest absolute Gasteiger partial charge is 0.205 e. The molecule has 0 bridgehead atoms. The van der Waals surface area contributed by atoms with Crippen LogP contribution in [0.2, 0.25) is 0 Å². The number of hydrogen-bond acceptors (Lipinski definition) is 5. The van der Waals surface area contributed by atoms with Crippen molar-refractivity contribution in [1.82, 2.24) is 0 Å². The Morgan fingerprint density at radius 2 is 1.52 bits per heavy atom. The molecule has 0 aliphatic rings. The molecule has 0 heterocycles. The molecule has 148 valence electrons. The molecule has 27 heavy (non-hydrogen) atoms. The average molecular weight is 371 g/mol. The van der Waals surface area contributed by atoms with E-state index in [0.29, 0.717) is 24.3 Å². The summed E-state index contributed by atoms with van der Waals surface area (Å²) < 4.78 is 0. The van der Waals surface area contributed by atoms with Crippen LogP contribution >= 0.6 is 0 Å². The third-order valence-corrected chi connectivity index (χ3v) is 4.48. The fraction of sp³-hybridized carbons (Fsp3) is 0.545. The Balaban J connectivity index is 5.06. The van der Waals surface area contributed by atoms with Crippen LogP contribution < -0.4 is 0 Å². The first-order valence-electron chi connectivity index (χ1n) is 9.06. The van der Waals surface area contributed by atoms with Crippen molar-refractivity contribution in [2.75, 3.05) is 0 Å². The molecule has 0 aromatic rings. The van der Waals surface area contributed by atoms with Crippen molar-refractivity contribution in [3.63, 3.8) is 0 Å². The van der Waals surface area contributed by atoms with Crippen molar-refractivity contribution in [3.05, 3.63) is 37.0 Å². The molecule has 5 nitrogen and oxygen atoms in total. The van der Waals surface area contributed by atoms with Crippen molar-refractivity contribution in [3.8, 4) is 6.19 Å². The lowest BCUT2D eigenvalue weighted by molar-refractivity contribution is 0.310. The standard InChI is InChI=1S/C22H34N4O/c1-9-18(26-27)22(7,8)15-10-12-17(24)21(5,6)14-11-13-19(25-16-23)20(2,3)4/h9-13,24,27H,1,14-15H2,2-8H3/b12-10+,13-11+,24-17?,25-19+,26-18+. The van der Waals surface area contributed by atoms with Gasteiger partial charge in [-0.05, 0) is 31.1 Å². The van der Waals surface area contributed by atoms with Gasteiger partial charge in [-0.15, -0.1) is 0 Å². The van der Waals surface area contributed by atoms with Crippen LogP contribution in [0, 0.1) is 33.1 Å². The number of aliphatic imine (C=N–C) groups is 1. The lowest BCUT2D eigenvalue weighted by atomic mass is 9.81. The van der Waals surface area contributed by atoms with Crippen molar-refractivity contribution < 1.29 is 5.21 Å². The molecule has 0 radical (unpaired) electrons. The predicted molar refractivity (Wildman–Crippen MR) is 115 cm³/mol. The molecule has 0 saturated heterocycles. The number of nitrogens with one attached hydrogen (secondary N) is 1. The fourth-order valence-corrected chi connectivity index (χ4v) is 2.34. The first kappa shape index (κ1) is 24.5. The highest BCUT2D eigenvalue weighted by Gasteiger charge is 2.24. The van der Waals surface area contributed by atoms with Crippen molar-refractivity contribution in [2.24, 2.45) is 26.4 Å². The van der Waals surface area contributed by atoms with E-state index < -0.39 is 0 Å². The molecule has 0 saturated carbocycles. The van der Waals surface area contributed by atoms with E-state index in [1.54, 1.807) is 6.08 Å². The normalized spacial score (nSPS) is 14.6. The monoisotopic (exact) mass is 370 g/mol. The van der Waals surface area contributed by atoms with Crippen LogP contribution in [0.5, 0.6) is 0 Å². The van der Waals surface area contributed by atoms with Crippen LogP contribution in [-0.4, -0.2) is 22.3 Å². The van der Waals surface area contributed by atoms with E-state index in [0.717, 1.165) is 5.71 Å². The lowest BCUT2D eigenvalue weighted by Gasteiger charge is -2.24. The molecule has 0 unspecified atom stereocenters. The van der Waals surface area contributed by atoms with Crippen LogP contribution in [0.1, 0.15) is 61.3 Å². The van der Waals surface area contributed by atoms with Crippen LogP contribution in [0.4, 0.5) is 0 Å². The van der Waals surface area contributed by atoms with E-state index in [2.05, 4.69) is 16.7 Å². The molecule has 0 fully saturated rings. The maximum atomic E-state index is 9.05. The van der Waals surface area contributed by atoms with Gasteiger partial charge >= 0.3 is 0 Å². The summed E-state index contributed by atoms with van der Waals surface area (Å²) in [5, 5.41) is 29.6. The number of hydrogen-bond donors (Lipinski definition) is 2. The Morgan fingerprint density at radius 3 is 1.96 bits per heavy atom. The van der Waals surface area contributed by atoms with Gasteiger partial charge in [0.05, 0.1) is 11.4 Å². The summed E-state index contributed by atoms with van der Waals surface area (Å²) in [6, 6.07) is 0. The number of nitrogens with zero attached hydrogens (tertiary/aromatic N) is 3. The predicted octanol–water partition coefficient (Wildman–Crippen LogP) is 5.94. The van der Waals surface area contributed by atoms with Crippen molar-refractivity contribution >= 4 is 17.1 Å². The SMILES string of the molecule is C=C/C(=N\O)C(C)(C)C/C=C/C(=N)C(C)(C)C/C=C/C(=N\C#N)C(C)(C)C. The topological polar surface area (TPSA) is 92.6 Å². The molecule has 0 aromatic heterocycles. The van der Waals surface area contributed by atoms with E-state index in [1.165, 1.54) is 0 Å². The first-order chi connectivity index (χ1) is 12.3. The summed E-state index contributed by atoms with van der Waals surface area (Å²) in [4.78, 5) is 3.90. The molecule has 0 aliphatic carbocycles. The summed E-state index contributed by atoms with van der Waals surface area (Å²) in [5.41, 5.74) is 0.856. The minimum absolute atomic E-state index is 0.202. The summed E-state index contributed by atoms with van der Waals surface area (Å²) in [5.74, 6) is 0. The number of rotatable bonds is 9. The van der Waals surface area contributed by atoms with Crippen molar-refractivity contribution in [1.29, 1.82) is 10.7 Å². The maximum Gasteiger partial charge on any atom is 0.205 e. The minimum Gasteiger partial charge on any atom is -0.411 e. The molecule has 0 aromatic carbocycles. The highest BCUT2D eigenvalue weighted by atomic mass is 16.4. The van der Waals surface area contributed by atoms with Gasteiger partial charge in [0.2, 0.25) is 6.19 Å². The summed E-state index contributed by atoms with van der Waals surface area (Å²) in [6.07, 6.45) is 12.3. The molecule has 0 atom stereocenters. The van der Waals surface area contributed by atoms with Gasteiger partial charge in [-0.1, -0.05) is 72.4 Å². The molecule has 0 aliphatic heterocycles. The van der Waals surface area contributed by atoms with Gasteiger partial charge in [0, 0.05) is 22.0 Å². The van der Waals surface area contributed by atoms with Gasteiger partial charge in [-0.25, -0.2) is 0 Å². The third-order valence-electron chi connectivity index (χ3n) is 4.48. The Morgan fingerprint density at radius 1 is 1.00 bits per heavy atom. The molecular weight excluding hydrogens is 336 g/mol. The van der Waals surface area contributed by atoms with Crippen LogP contribution in [0.15, 0.2) is 47.1 Å². The van der Waals surface area contributed by atoms with E-state index >= 15 is 0 Å². The number of nitriles is 1. The Kier molecular flexibility index (Phi) is 9.09. The largest absolute Gasteiger partial charge is 0.411 e. The van der Waals surface area contributed by atoms with E-state index in [4.69, 9.17) is 15.9 Å². The van der Waals surface area contributed by atoms with Gasteiger partial charge in [0.25, 0.3) is 0 Å². The Labute approximate surface area is 164 Å². The highest BCUT2D eigenvalue weighted by molar-refractivity contribution is 6.00. The summed E-state index contributed by atoms with van der Waals surface area (Å²) in [7, 11) is 0. The van der Waals surface area contributed by atoms with Crippen LogP contribution in [-0.2, 0) is 0 Å². The fourth-order valence-electron chi connectivity index (χ4n) is 2.34. The van der Waals surface area contributed by atoms with Gasteiger partial charge in [0.15, 0.2) is 0 Å². The second kappa shape index (κ2) is 10.0. The van der Waals surface area contributed by atoms with E-state index in [-0.39, 0.29) is 16.2 Å². The zero-order valence-electron chi connectivity index (χ0n) is 17.8. The van der Waals surface area contributed by atoms with Gasteiger partial charge in [0.1, 0.15) is 0 Å². The second-order valence-electron chi connectivity index (χ2n) is 8.93. The molecular formula is C22H34N4O. The van der Waals surface area contributed by atoms with Crippen LogP contribution in [0.25, 0.3) is 0 Å². The highest BCUT2D eigenvalue weighted by Crippen LogP contribution is 2.27. The zero-order valence-corrected chi connectivity index (χ0v) is 17.8. The molecule has 0 rings (SSSR count). The lowest BCUT2D eigenvalue weighted by Crippen LogP contribution is -2.23. The Hall–Kier alpha value is -2.48. The van der Waals surface area contributed by atoms with Crippen molar-refractivity contribution in [2.45, 2.75) is 61.3 Å². The molecule has 0 amide bonds.